The fraction of sp³-hybridized carbons (Fsp3) is 0.667. The Morgan fingerprint density at radius 2 is 1.00 bits per heavy atom. The number of nitrogens with one attached hydrogen (secondary N) is 2. The van der Waals surface area contributed by atoms with E-state index in [4.69, 9.17) is 19.5 Å². The zero-order valence-corrected chi connectivity index (χ0v) is 17.9. The first-order chi connectivity index (χ1) is 11.9. The third kappa shape index (κ3) is 1440. The van der Waals surface area contributed by atoms with Crippen LogP contribution in [0.5, 0.6) is 0 Å². The number of urea groups is 1. The lowest BCUT2D eigenvalue weighted by molar-refractivity contribution is -0.134. The highest BCUT2D eigenvalue weighted by Crippen LogP contribution is 1.84. The second-order valence-corrected chi connectivity index (χ2v) is 3.68. The number of hydrogen-bond acceptors (Lipinski definition) is 8. The van der Waals surface area contributed by atoms with Gasteiger partial charge in [0.05, 0.1) is 0 Å². The Balaban J connectivity index is -0.0000000218. The van der Waals surface area contributed by atoms with Crippen LogP contribution < -0.4 is 22.1 Å². The Kier molecular flexibility index (Phi) is 148. The summed E-state index contributed by atoms with van der Waals surface area (Å²) in [5, 5.41) is 12.1. The SMILES string of the molecule is C.C.CC(=O)O.CC(C)=O.CN.CN.CN=C=O.CNC(=O)NC.O=C(Cl)Cl. The molecule has 0 heterocycles. The third-order valence-electron chi connectivity index (χ3n) is 0.545. The molecule has 11 nitrogen and oxygen atoms in total. The molecule has 0 aliphatic carbocycles. The molecule has 0 atom stereocenters. The first kappa shape index (κ1) is 56.2. The maximum Gasteiger partial charge on any atom is 0.314 e. The minimum atomic E-state index is -0.889. The zero-order chi connectivity index (χ0) is 23.1. The number of aliphatic imine (C=N–C) groups is 1. The largest absolute Gasteiger partial charge is 0.481 e. The number of aliphatic carboxylic acids is 1. The van der Waals surface area contributed by atoms with E-state index < -0.39 is 10.7 Å². The highest BCUT2D eigenvalue weighted by molar-refractivity contribution is 6.93. The van der Waals surface area contributed by atoms with Crippen LogP contribution >= 0.6 is 23.2 Å². The molecular weight excluding hydrogens is 417 g/mol. The van der Waals surface area contributed by atoms with Crippen molar-refractivity contribution in [3.63, 3.8) is 0 Å². The van der Waals surface area contributed by atoms with Gasteiger partial charge in [-0.15, -0.1) is 0 Å². The van der Waals surface area contributed by atoms with E-state index >= 15 is 0 Å². The number of Topliss-reactive ketones (excluding diaryl/α,β-unsaturated/α-hetero) is 1. The zero-order valence-electron chi connectivity index (χ0n) is 16.3. The van der Waals surface area contributed by atoms with Crippen LogP contribution in [-0.2, 0) is 14.4 Å². The molecule has 0 spiro atoms. The molecule has 0 fully saturated rings. The molecule has 13 heteroatoms. The molecule has 7 N–H and O–H groups in total. The number of carboxylic acid groups (broad SMARTS) is 1. The summed E-state index contributed by atoms with van der Waals surface area (Å²) in [5.41, 5.74) is 9.00. The Morgan fingerprint density at radius 3 is 1.00 bits per heavy atom. The summed E-state index contributed by atoms with van der Waals surface area (Å²) in [7, 11) is 7.52. The Morgan fingerprint density at radius 1 is 0.893 bits per heavy atom. The smallest absolute Gasteiger partial charge is 0.314 e. The number of carbonyl (C=O) groups excluding carboxylic acids is 4. The molecule has 28 heavy (non-hydrogen) atoms. The summed E-state index contributed by atoms with van der Waals surface area (Å²) in [4.78, 5) is 49.2. The van der Waals surface area contributed by atoms with E-state index in [0.29, 0.717) is 0 Å². The van der Waals surface area contributed by atoms with Crippen molar-refractivity contribution >= 4 is 51.8 Å². The van der Waals surface area contributed by atoms with Gasteiger partial charge in [-0.3, -0.25) is 9.59 Å². The van der Waals surface area contributed by atoms with Crippen molar-refractivity contribution in [1.82, 2.24) is 10.6 Å². The minimum absolute atomic E-state index is 0. The maximum atomic E-state index is 9.96. The van der Waals surface area contributed by atoms with Crippen molar-refractivity contribution in [3.05, 3.63) is 0 Å². The van der Waals surface area contributed by atoms with Crippen LogP contribution in [0.15, 0.2) is 4.99 Å². The Hall–Kier alpha value is -2.04. The molecule has 0 aliphatic rings. The van der Waals surface area contributed by atoms with E-state index in [1.807, 2.05) is 0 Å². The van der Waals surface area contributed by atoms with Crippen molar-refractivity contribution in [2.24, 2.45) is 16.5 Å². The second-order valence-electron chi connectivity index (χ2n) is 2.80. The number of carbonyl (C=O) groups is 4. The predicted molar refractivity (Wildman–Crippen MR) is 118 cm³/mol. The van der Waals surface area contributed by atoms with E-state index in [1.54, 1.807) is 14.1 Å². The summed E-state index contributed by atoms with van der Waals surface area (Å²) in [6.45, 7) is 4.14. The van der Waals surface area contributed by atoms with Gasteiger partial charge in [-0.05, 0) is 51.1 Å². The number of rotatable bonds is 0. The van der Waals surface area contributed by atoms with Gasteiger partial charge in [-0.25, -0.2) is 14.6 Å². The van der Waals surface area contributed by atoms with Gasteiger partial charge in [0.25, 0.3) is 5.97 Å². The summed E-state index contributed by atoms with van der Waals surface area (Å²) in [6.07, 6.45) is 1.31. The van der Waals surface area contributed by atoms with Gasteiger partial charge in [0.1, 0.15) is 5.78 Å². The van der Waals surface area contributed by atoms with Crippen LogP contribution in [0.25, 0.3) is 0 Å². The fourth-order valence-electron chi connectivity index (χ4n) is 0.125. The number of hydrogen-bond donors (Lipinski definition) is 5. The summed E-state index contributed by atoms with van der Waals surface area (Å²) in [5.74, 6) is -0.667. The topological polar surface area (TPSA) is 194 Å². The molecule has 0 unspecified atom stereocenters. The Bertz CT molecular complexity index is 320. The molecule has 0 aromatic carbocycles. The monoisotopic (exact) mass is 455 g/mol. The molecule has 0 aliphatic heterocycles. The molecule has 0 bridgehead atoms. The van der Waals surface area contributed by atoms with Crippen LogP contribution in [0, 0.1) is 0 Å². The minimum Gasteiger partial charge on any atom is -0.481 e. The van der Waals surface area contributed by atoms with Crippen LogP contribution in [0.3, 0.4) is 0 Å². The second kappa shape index (κ2) is 73.5. The molecule has 0 saturated carbocycles. The van der Waals surface area contributed by atoms with Crippen LogP contribution in [0.2, 0.25) is 0 Å². The summed E-state index contributed by atoms with van der Waals surface area (Å²) >= 11 is 8.80. The van der Waals surface area contributed by atoms with Crippen molar-refractivity contribution in [3.8, 4) is 0 Å². The predicted octanol–water partition coefficient (Wildman–Crippen LogP) is 2.19. The average molecular weight is 456 g/mol. The number of nitrogens with zero attached hydrogens (tertiary/aromatic N) is 1. The normalized spacial score (nSPS) is 5.29. The van der Waals surface area contributed by atoms with Crippen molar-refractivity contribution in [2.75, 3.05) is 35.2 Å². The van der Waals surface area contributed by atoms with Gasteiger partial charge in [0.2, 0.25) is 6.08 Å². The highest BCUT2D eigenvalue weighted by atomic mass is 35.5. The highest BCUT2D eigenvalue weighted by Gasteiger charge is 1.81. The third-order valence-corrected chi connectivity index (χ3v) is 0.545. The quantitative estimate of drug-likeness (QED) is 0.208. The molecule has 0 saturated heterocycles. The lowest BCUT2D eigenvalue weighted by Gasteiger charge is -1.91. The number of amides is 2. The summed E-state index contributed by atoms with van der Waals surface area (Å²) in [6, 6.07) is -0.157. The standard InChI is InChI=1S/C3H8N2O.C3H6O.C2H3NO.C2H4O2.CCl2O.2CH5N.2CH4/c1-4-3(6)5-2;1-3(2)4;1-3-2-4;1-2(3)4;2-1(3)4;2*1-2;;/h1-2H3,(H2,4,5,6);1-2H3;1H3;1H3,(H,3,4);;2*2H2,1H3;2*1H4. The van der Waals surface area contributed by atoms with Crippen LogP contribution in [0.4, 0.5) is 9.59 Å². The van der Waals surface area contributed by atoms with Gasteiger partial charge in [0, 0.05) is 28.1 Å². The number of nitrogens with two attached hydrogens (primary N) is 2. The molecule has 0 aromatic rings. The van der Waals surface area contributed by atoms with E-state index in [1.165, 1.54) is 41.1 Å². The van der Waals surface area contributed by atoms with Crippen molar-refractivity contribution in [1.29, 1.82) is 0 Å². The number of ketones is 1. The van der Waals surface area contributed by atoms with Gasteiger partial charge < -0.3 is 32.0 Å². The van der Waals surface area contributed by atoms with Gasteiger partial charge in [-0.1, -0.05) is 14.9 Å². The molecule has 0 rings (SSSR count). The number of isocyanates is 1. The van der Waals surface area contributed by atoms with Crippen molar-refractivity contribution in [2.45, 2.75) is 35.6 Å². The molecular formula is C15H39Cl2N5O6. The van der Waals surface area contributed by atoms with E-state index in [-0.39, 0.29) is 26.7 Å². The molecule has 0 aromatic heterocycles. The lowest BCUT2D eigenvalue weighted by Crippen LogP contribution is -2.28. The summed E-state index contributed by atoms with van der Waals surface area (Å²) < 4.78 is -0.889. The van der Waals surface area contributed by atoms with E-state index in [0.717, 1.165) is 6.92 Å². The molecule has 174 valence electrons. The Labute approximate surface area is 179 Å². The maximum absolute atomic E-state index is 9.96. The molecule has 2 amide bonds. The van der Waals surface area contributed by atoms with Gasteiger partial charge in [-0.2, -0.15) is 0 Å². The van der Waals surface area contributed by atoms with E-state index in [9.17, 15) is 9.59 Å². The first-order valence-electron chi connectivity index (χ1n) is 6.45. The average Bonchev–Trinajstić information content (AvgIpc) is 2.56. The van der Waals surface area contributed by atoms with Crippen LogP contribution in [-0.4, -0.2) is 68.9 Å². The van der Waals surface area contributed by atoms with Gasteiger partial charge >= 0.3 is 10.7 Å². The lowest BCUT2D eigenvalue weighted by atomic mass is 10.6. The number of carboxylic acids is 1. The fourth-order valence-corrected chi connectivity index (χ4v) is 0.125. The number of halogens is 2. The van der Waals surface area contributed by atoms with E-state index in [2.05, 4.69) is 50.3 Å². The molecule has 0 radical (unpaired) electrons. The van der Waals surface area contributed by atoms with Crippen LogP contribution in [0.1, 0.15) is 35.6 Å². The van der Waals surface area contributed by atoms with Gasteiger partial charge in [0.15, 0.2) is 0 Å². The van der Waals surface area contributed by atoms with Crippen molar-refractivity contribution < 1.29 is 29.1 Å². The first-order valence-corrected chi connectivity index (χ1v) is 7.20.